The average Bonchev–Trinajstić information content (AvgIpc) is 2.76. The number of hydrogen-bond acceptors (Lipinski definition) is 2. The Hall–Kier alpha value is -1.42. The fourth-order valence-electron chi connectivity index (χ4n) is 1.82. The maximum absolute atomic E-state index is 4.91. The highest BCUT2D eigenvalue weighted by Crippen LogP contribution is 2.08. The maximum atomic E-state index is 4.91. The summed E-state index contributed by atoms with van der Waals surface area (Å²) in [5.74, 6) is 0.945. The summed E-state index contributed by atoms with van der Waals surface area (Å²) in [4.78, 5) is 4.17. The SMILES string of the molecule is CCc1ccc(CCCc2nc(=S)[nH][nH]2)cc1. The normalized spacial score (nSPS) is 10.6. The van der Waals surface area contributed by atoms with E-state index in [2.05, 4.69) is 46.4 Å². The van der Waals surface area contributed by atoms with Gasteiger partial charge < -0.3 is 0 Å². The first kappa shape index (κ1) is 12.0. The van der Waals surface area contributed by atoms with Gasteiger partial charge in [0.05, 0.1) is 0 Å². The molecule has 0 bridgehead atoms. The minimum Gasteiger partial charge on any atom is -0.286 e. The summed E-state index contributed by atoms with van der Waals surface area (Å²) in [5, 5.41) is 5.78. The van der Waals surface area contributed by atoms with Crippen LogP contribution in [0.2, 0.25) is 0 Å². The number of hydrogen-bond donors (Lipinski definition) is 2. The van der Waals surface area contributed by atoms with Crippen LogP contribution in [0.4, 0.5) is 0 Å². The number of aryl methyl sites for hydroxylation is 3. The molecule has 1 heterocycles. The summed E-state index contributed by atoms with van der Waals surface area (Å²) in [6, 6.07) is 8.84. The Balaban J connectivity index is 1.83. The summed E-state index contributed by atoms with van der Waals surface area (Å²) in [7, 11) is 0. The van der Waals surface area contributed by atoms with Crippen LogP contribution in [0.5, 0.6) is 0 Å². The standard InChI is InChI=1S/C13H17N3S/c1-2-10-6-8-11(9-7-10)4-3-5-12-14-13(17)16-15-12/h6-9H,2-5H2,1H3,(H2,14,15,16,17). The van der Waals surface area contributed by atoms with Gasteiger partial charge in [0, 0.05) is 6.42 Å². The smallest absolute Gasteiger partial charge is 0.213 e. The largest absolute Gasteiger partial charge is 0.286 e. The second-order valence-electron chi connectivity index (χ2n) is 4.14. The highest BCUT2D eigenvalue weighted by Gasteiger charge is 1.98. The Morgan fingerprint density at radius 3 is 2.35 bits per heavy atom. The van der Waals surface area contributed by atoms with Gasteiger partial charge >= 0.3 is 0 Å². The van der Waals surface area contributed by atoms with Crippen LogP contribution >= 0.6 is 12.2 Å². The van der Waals surface area contributed by atoms with Crippen LogP contribution in [0.3, 0.4) is 0 Å². The van der Waals surface area contributed by atoms with E-state index in [0.717, 1.165) is 31.5 Å². The highest BCUT2D eigenvalue weighted by atomic mass is 32.1. The van der Waals surface area contributed by atoms with E-state index in [-0.39, 0.29) is 0 Å². The van der Waals surface area contributed by atoms with Gasteiger partial charge in [0.25, 0.3) is 0 Å². The molecule has 0 spiro atoms. The Labute approximate surface area is 106 Å². The van der Waals surface area contributed by atoms with Gasteiger partial charge in [-0.05, 0) is 42.6 Å². The topological polar surface area (TPSA) is 44.5 Å². The molecule has 90 valence electrons. The second-order valence-corrected chi connectivity index (χ2v) is 4.52. The first-order chi connectivity index (χ1) is 8.28. The van der Waals surface area contributed by atoms with E-state index in [1.54, 1.807) is 0 Å². The van der Waals surface area contributed by atoms with E-state index in [1.165, 1.54) is 11.1 Å². The molecule has 0 saturated carbocycles. The fraction of sp³-hybridized carbons (Fsp3) is 0.385. The number of benzene rings is 1. The second kappa shape index (κ2) is 5.77. The van der Waals surface area contributed by atoms with Crippen molar-refractivity contribution >= 4 is 12.2 Å². The number of nitrogens with one attached hydrogen (secondary N) is 2. The van der Waals surface area contributed by atoms with Crippen molar-refractivity contribution in [3.63, 3.8) is 0 Å². The first-order valence-electron chi connectivity index (χ1n) is 5.99. The minimum atomic E-state index is 0.535. The summed E-state index contributed by atoms with van der Waals surface area (Å²) in [6.07, 6.45) is 4.20. The number of aromatic amines is 2. The van der Waals surface area contributed by atoms with E-state index < -0.39 is 0 Å². The third-order valence-corrected chi connectivity index (χ3v) is 3.05. The van der Waals surface area contributed by atoms with Crippen LogP contribution in [0.25, 0.3) is 0 Å². The van der Waals surface area contributed by atoms with Crippen LogP contribution in [-0.2, 0) is 19.3 Å². The zero-order chi connectivity index (χ0) is 12.1. The molecule has 17 heavy (non-hydrogen) atoms. The van der Waals surface area contributed by atoms with E-state index >= 15 is 0 Å². The van der Waals surface area contributed by atoms with Crippen LogP contribution in [0.1, 0.15) is 30.3 Å². The van der Waals surface area contributed by atoms with Crippen molar-refractivity contribution in [1.29, 1.82) is 0 Å². The summed E-state index contributed by atoms with van der Waals surface area (Å²) in [6.45, 7) is 2.18. The molecule has 0 unspecified atom stereocenters. The van der Waals surface area contributed by atoms with Crippen molar-refractivity contribution in [3.8, 4) is 0 Å². The lowest BCUT2D eigenvalue weighted by Crippen LogP contribution is -1.92. The molecule has 0 atom stereocenters. The van der Waals surface area contributed by atoms with Crippen molar-refractivity contribution in [1.82, 2.24) is 15.2 Å². The Morgan fingerprint density at radius 1 is 1.06 bits per heavy atom. The van der Waals surface area contributed by atoms with Crippen LogP contribution in [-0.4, -0.2) is 15.2 Å². The predicted octanol–water partition coefficient (Wildman–Crippen LogP) is 3.20. The molecular formula is C13H17N3S. The van der Waals surface area contributed by atoms with Gasteiger partial charge in [-0.2, -0.15) is 0 Å². The van der Waals surface area contributed by atoms with Gasteiger partial charge in [0.2, 0.25) is 4.77 Å². The molecule has 2 rings (SSSR count). The van der Waals surface area contributed by atoms with Crippen molar-refractivity contribution in [2.24, 2.45) is 0 Å². The first-order valence-corrected chi connectivity index (χ1v) is 6.40. The molecule has 2 aromatic rings. The molecule has 0 aliphatic carbocycles. The minimum absolute atomic E-state index is 0.535. The maximum Gasteiger partial charge on any atom is 0.213 e. The zero-order valence-electron chi connectivity index (χ0n) is 9.99. The van der Waals surface area contributed by atoms with Gasteiger partial charge in [-0.1, -0.05) is 31.2 Å². The van der Waals surface area contributed by atoms with E-state index in [4.69, 9.17) is 12.2 Å². The summed E-state index contributed by atoms with van der Waals surface area (Å²) in [5.41, 5.74) is 2.78. The highest BCUT2D eigenvalue weighted by molar-refractivity contribution is 7.71. The molecular weight excluding hydrogens is 230 g/mol. The lowest BCUT2D eigenvalue weighted by molar-refractivity contribution is 0.774. The molecule has 0 amide bonds. The predicted molar refractivity (Wildman–Crippen MR) is 71.6 cm³/mol. The average molecular weight is 247 g/mol. The van der Waals surface area contributed by atoms with Gasteiger partial charge in [-0.15, -0.1) is 0 Å². The van der Waals surface area contributed by atoms with Gasteiger partial charge in [-0.3, -0.25) is 10.2 Å². The van der Waals surface area contributed by atoms with E-state index in [0.29, 0.717) is 4.77 Å². The summed E-state index contributed by atoms with van der Waals surface area (Å²) < 4.78 is 0.535. The molecule has 1 aromatic heterocycles. The van der Waals surface area contributed by atoms with Gasteiger partial charge in [0.15, 0.2) is 0 Å². The van der Waals surface area contributed by atoms with Crippen molar-refractivity contribution in [3.05, 3.63) is 46.0 Å². The number of rotatable bonds is 5. The van der Waals surface area contributed by atoms with Crippen LogP contribution < -0.4 is 0 Å². The molecule has 3 nitrogen and oxygen atoms in total. The lowest BCUT2D eigenvalue weighted by atomic mass is 10.1. The molecule has 0 aliphatic rings. The Bertz CT molecular complexity index is 510. The van der Waals surface area contributed by atoms with Gasteiger partial charge in [-0.25, -0.2) is 4.98 Å². The number of nitrogens with zero attached hydrogens (tertiary/aromatic N) is 1. The lowest BCUT2D eigenvalue weighted by Gasteiger charge is -2.01. The van der Waals surface area contributed by atoms with Crippen molar-refractivity contribution in [2.75, 3.05) is 0 Å². The van der Waals surface area contributed by atoms with Crippen molar-refractivity contribution in [2.45, 2.75) is 32.6 Å². The molecule has 0 aliphatic heterocycles. The number of aromatic nitrogens is 3. The third kappa shape index (κ3) is 3.53. The molecule has 2 N–H and O–H groups in total. The molecule has 0 fully saturated rings. The number of H-pyrrole nitrogens is 2. The quantitative estimate of drug-likeness (QED) is 0.797. The summed E-state index contributed by atoms with van der Waals surface area (Å²) >= 11 is 4.91. The molecule has 4 heteroatoms. The van der Waals surface area contributed by atoms with Gasteiger partial charge in [0.1, 0.15) is 5.82 Å². The van der Waals surface area contributed by atoms with E-state index in [1.807, 2.05) is 0 Å². The van der Waals surface area contributed by atoms with Crippen LogP contribution in [0, 0.1) is 4.77 Å². The molecule has 1 aromatic carbocycles. The van der Waals surface area contributed by atoms with Crippen LogP contribution in [0.15, 0.2) is 24.3 Å². The third-order valence-electron chi connectivity index (χ3n) is 2.86. The van der Waals surface area contributed by atoms with E-state index in [9.17, 15) is 0 Å². The monoisotopic (exact) mass is 247 g/mol. The molecule has 0 saturated heterocycles. The molecule has 0 radical (unpaired) electrons. The Kier molecular flexibility index (Phi) is 4.09. The fourth-order valence-corrected chi connectivity index (χ4v) is 1.99. The van der Waals surface area contributed by atoms with Crippen molar-refractivity contribution < 1.29 is 0 Å². The Morgan fingerprint density at radius 2 is 1.76 bits per heavy atom. The zero-order valence-corrected chi connectivity index (χ0v) is 10.8.